The lowest BCUT2D eigenvalue weighted by atomic mass is 9.91. The lowest BCUT2D eigenvalue weighted by Crippen LogP contribution is -2.32. The van der Waals surface area contributed by atoms with Gasteiger partial charge in [-0.05, 0) is 32.0 Å². The Balaban J connectivity index is 2.14. The molecule has 19 heavy (non-hydrogen) atoms. The highest BCUT2D eigenvalue weighted by molar-refractivity contribution is 5.19. The second kappa shape index (κ2) is 5.88. The zero-order valence-corrected chi connectivity index (χ0v) is 10.7. The molecule has 0 amide bonds. The van der Waals surface area contributed by atoms with Gasteiger partial charge >= 0.3 is 6.18 Å². The number of halogens is 3. The van der Waals surface area contributed by atoms with Crippen LogP contribution < -0.4 is 5.32 Å². The molecule has 0 saturated carbocycles. The zero-order chi connectivity index (χ0) is 13.9. The topological polar surface area (TPSA) is 34.2 Å². The number of nitrogens with one attached hydrogen (secondary N) is 1. The Kier molecular flexibility index (Phi) is 4.42. The van der Waals surface area contributed by atoms with Crippen molar-refractivity contribution in [1.29, 1.82) is 0 Å². The van der Waals surface area contributed by atoms with E-state index in [-0.39, 0.29) is 12.0 Å². The third kappa shape index (κ3) is 3.45. The third-order valence-electron chi connectivity index (χ3n) is 3.41. The summed E-state index contributed by atoms with van der Waals surface area (Å²) in [5.74, 6) is 0.253. The molecule has 1 aliphatic heterocycles. The highest BCUT2D eigenvalue weighted by Crippen LogP contribution is 2.31. The average Bonchev–Trinajstić information content (AvgIpc) is 2.40. The minimum atomic E-state index is -4.34. The van der Waals surface area contributed by atoms with E-state index in [9.17, 15) is 13.2 Å². The third-order valence-corrected chi connectivity index (χ3v) is 3.41. The molecule has 0 aromatic carbocycles. The van der Waals surface area contributed by atoms with Crippen molar-refractivity contribution in [3.8, 4) is 0 Å². The molecule has 1 aliphatic rings. The number of ether oxygens (including phenoxy) is 1. The SMILES string of the molecule is CNC(c1ccc(C(F)(F)F)cn1)C1CCCOC1. The van der Waals surface area contributed by atoms with Gasteiger partial charge in [0, 0.05) is 18.7 Å². The van der Waals surface area contributed by atoms with E-state index in [1.807, 2.05) is 0 Å². The summed E-state index contributed by atoms with van der Waals surface area (Å²) in [6.07, 6.45) is -1.48. The van der Waals surface area contributed by atoms with Crippen LogP contribution in [0.25, 0.3) is 0 Å². The normalized spacial score (nSPS) is 22.2. The molecule has 2 heterocycles. The minimum absolute atomic E-state index is 0.0671. The van der Waals surface area contributed by atoms with Crippen molar-refractivity contribution in [3.05, 3.63) is 29.6 Å². The zero-order valence-electron chi connectivity index (χ0n) is 10.7. The molecule has 3 nitrogen and oxygen atoms in total. The number of nitrogens with zero attached hydrogens (tertiary/aromatic N) is 1. The predicted octanol–water partition coefficient (Wildman–Crippen LogP) is 2.79. The van der Waals surface area contributed by atoms with Gasteiger partial charge in [0.25, 0.3) is 0 Å². The summed E-state index contributed by atoms with van der Waals surface area (Å²) in [5.41, 5.74) is -0.0861. The highest BCUT2D eigenvalue weighted by atomic mass is 19.4. The van der Waals surface area contributed by atoms with E-state index < -0.39 is 11.7 Å². The first-order chi connectivity index (χ1) is 9.02. The molecule has 6 heteroatoms. The summed E-state index contributed by atoms with van der Waals surface area (Å²) >= 11 is 0. The van der Waals surface area contributed by atoms with Crippen molar-refractivity contribution < 1.29 is 17.9 Å². The van der Waals surface area contributed by atoms with Crippen LogP contribution in [0.1, 0.15) is 30.1 Å². The summed E-state index contributed by atoms with van der Waals surface area (Å²) < 4.78 is 42.9. The largest absolute Gasteiger partial charge is 0.417 e. The molecule has 1 saturated heterocycles. The van der Waals surface area contributed by atoms with Crippen LogP contribution in [0.4, 0.5) is 13.2 Å². The van der Waals surface area contributed by atoms with Gasteiger partial charge in [-0.15, -0.1) is 0 Å². The summed E-state index contributed by atoms with van der Waals surface area (Å²) in [4.78, 5) is 3.95. The molecule has 1 fully saturated rings. The molecule has 2 rings (SSSR count). The van der Waals surface area contributed by atoms with Crippen molar-refractivity contribution in [2.24, 2.45) is 5.92 Å². The van der Waals surface area contributed by atoms with E-state index in [0.717, 1.165) is 31.7 Å². The molecule has 1 N–H and O–H groups in total. The first-order valence-electron chi connectivity index (χ1n) is 6.30. The van der Waals surface area contributed by atoms with Gasteiger partial charge in [-0.3, -0.25) is 4.98 Å². The highest BCUT2D eigenvalue weighted by Gasteiger charge is 2.31. The maximum absolute atomic E-state index is 12.5. The Bertz CT molecular complexity index is 399. The van der Waals surface area contributed by atoms with E-state index in [1.54, 1.807) is 7.05 Å². The minimum Gasteiger partial charge on any atom is -0.381 e. The second-order valence-corrected chi connectivity index (χ2v) is 4.71. The molecule has 2 unspecified atom stereocenters. The van der Waals surface area contributed by atoms with Crippen LogP contribution >= 0.6 is 0 Å². The van der Waals surface area contributed by atoms with Crippen LogP contribution in [0.15, 0.2) is 18.3 Å². The maximum Gasteiger partial charge on any atom is 0.417 e. The number of hydrogen-bond donors (Lipinski definition) is 1. The van der Waals surface area contributed by atoms with Crippen LogP contribution in [0.5, 0.6) is 0 Å². The predicted molar refractivity (Wildman–Crippen MR) is 64.6 cm³/mol. The maximum atomic E-state index is 12.5. The molecule has 0 radical (unpaired) electrons. The molecule has 1 aromatic heterocycles. The number of pyridine rings is 1. The van der Waals surface area contributed by atoms with Crippen LogP contribution in [0.2, 0.25) is 0 Å². The van der Waals surface area contributed by atoms with Crippen LogP contribution in [-0.2, 0) is 10.9 Å². The molecule has 0 spiro atoms. The molecule has 2 atom stereocenters. The number of rotatable bonds is 3. The Hall–Kier alpha value is -1.14. The van der Waals surface area contributed by atoms with Crippen LogP contribution in [0.3, 0.4) is 0 Å². The van der Waals surface area contributed by atoms with Gasteiger partial charge in [-0.25, -0.2) is 0 Å². The van der Waals surface area contributed by atoms with E-state index >= 15 is 0 Å². The molecule has 0 aliphatic carbocycles. The van der Waals surface area contributed by atoms with Crippen molar-refractivity contribution in [1.82, 2.24) is 10.3 Å². The molecule has 1 aromatic rings. The lowest BCUT2D eigenvalue weighted by Gasteiger charge is -2.29. The van der Waals surface area contributed by atoms with Crippen LogP contribution in [0, 0.1) is 5.92 Å². The Morgan fingerprint density at radius 1 is 1.42 bits per heavy atom. The van der Waals surface area contributed by atoms with Crippen LogP contribution in [-0.4, -0.2) is 25.2 Å². The summed E-state index contributed by atoms with van der Waals surface area (Å²) in [7, 11) is 1.79. The van der Waals surface area contributed by atoms with Gasteiger partial charge < -0.3 is 10.1 Å². The van der Waals surface area contributed by atoms with Gasteiger partial charge in [0.05, 0.1) is 23.9 Å². The Labute approximate surface area is 110 Å². The first-order valence-corrected chi connectivity index (χ1v) is 6.30. The van der Waals surface area contributed by atoms with Crippen molar-refractivity contribution in [2.75, 3.05) is 20.3 Å². The van der Waals surface area contributed by atoms with Gasteiger partial charge in [0.15, 0.2) is 0 Å². The molecular weight excluding hydrogens is 257 g/mol. The smallest absolute Gasteiger partial charge is 0.381 e. The first kappa shape index (κ1) is 14.3. The Morgan fingerprint density at radius 2 is 2.21 bits per heavy atom. The van der Waals surface area contributed by atoms with E-state index in [2.05, 4.69) is 10.3 Å². The van der Waals surface area contributed by atoms with Gasteiger partial charge in [0.2, 0.25) is 0 Å². The standard InChI is InChI=1S/C13H17F3N2O/c1-17-12(9-3-2-6-19-8-9)11-5-4-10(7-18-11)13(14,15)16/h4-5,7,9,12,17H,2-3,6,8H2,1H3. The van der Waals surface area contributed by atoms with Gasteiger partial charge in [-0.2, -0.15) is 13.2 Å². The summed E-state index contributed by atoms with van der Waals surface area (Å²) in [5, 5.41) is 3.12. The number of aromatic nitrogens is 1. The summed E-state index contributed by atoms with van der Waals surface area (Å²) in [6, 6.07) is 2.46. The van der Waals surface area contributed by atoms with E-state index in [4.69, 9.17) is 4.74 Å². The monoisotopic (exact) mass is 274 g/mol. The van der Waals surface area contributed by atoms with E-state index in [1.165, 1.54) is 6.07 Å². The molecule has 106 valence electrons. The summed E-state index contributed by atoms with van der Waals surface area (Å²) in [6.45, 7) is 1.38. The average molecular weight is 274 g/mol. The quantitative estimate of drug-likeness (QED) is 0.920. The fraction of sp³-hybridized carbons (Fsp3) is 0.615. The number of alkyl halides is 3. The fourth-order valence-corrected chi connectivity index (χ4v) is 2.41. The Morgan fingerprint density at radius 3 is 2.68 bits per heavy atom. The molecular formula is C13H17F3N2O. The van der Waals surface area contributed by atoms with Gasteiger partial charge in [-0.1, -0.05) is 0 Å². The number of hydrogen-bond acceptors (Lipinski definition) is 3. The molecule has 0 bridgehead atoms. The second-order valence-electron chi connectivity index (χ2n) is 4.71. The lowest BCUT2D eigenvalue weighted by molar-refractivity contribution is -0.137. The van der Waals surface area contributed by atoms with E-state index in [0.29, 0.717) is 12.3 Å². The van der Waals surface area contributed by atoms with Crippen molar-refractivity contribution >= 4 is 0 Å². The van der Waals surface area contributed by atoms with Gasteiger partial charge in [0.1, 0.15) is 0 Å². The fourth-order valence-electron chi connectivity index (χ4n) is 2.41. The van der Waals surface area contributed by atoms with Crippen molar-refractivity contribution in [2.45, 2.75) is 25.1 Å². The van der Waals surface area contributed by atoms with Crippen molar-refractivity contribution in [3.63, 3.8) is 0 Å².